The summed E-state index contributed by atoms with van der Waals surface area (Å²) in [6.07, 6.45) is 0.609. The normalized spacial score (nSPS) is 31.1. The van der Waals surface area contributed by atoms with Crippen LogP contribution in [0.5, 0.6) is 0 Å². The Hall–Kier alpha value is -2.14. The molecule has 9 nitrogen and oxygen atoms in total. The van der Waals surface area contributed by atoms with Gasteiger partial charge in [0.15, 0.2) is 6.61 Å². The van der Waals surface area contributed by atoms with Gasteiger partial charge in [0.05, 0.1) is 23.2 Å². The molecule has 0 aromatic heterocycles. The van der Waals surface area contributed by atoms with Gasteiger partial charge in [0, 0.05) is 33.9 Å². The lowest BCUT2D eigenvalue weighted by Gasteiger charge is -2.28. The Morgan fingerprint density at radius 3 is 2.32 bits per heavy atom. The van der Waals surface area contributed by atoms with E-state index in [1.807, 2.05) is 0 Å². The Labute approximate surface area is 193 Å². The van der Waals surface area contributed by atoms with Crippen LogP contribution in [0.15, 0.2) is 24.3 Å². The highest BCUT2D eigenvalue weighted by molar-refractivity contribution is 9.12. The third-order valence-corrected chi connectivity index (χ3v) is 9.57. The number of ether oxygens (including phenoxy) is 1. The fourth-order valence-corrected chi connectivity index (χ4v) is 6.80. The van der Waals surface area contributed by atoms with Crippen LogP contribution in [0.2, 0.25) is 0 Å². The van der Waals surface area contributed by atoms with E-state index in [0.717, 1.165) is 17.4 Å². The molecule has 11 heteroatoms. The van der Waals surface area contributed by atoms with Gasteiger partial charge in [-0.05, 0) is 18.3 Å². The molecule has 3 aliphatic rings. The van der Waals surface area contributed by atoms with Gasteiger partial charge in [-0.15, -0.1) is 0 Å². The number of amides is 2. The fourth-order valence-electron chi connectivity index (χ4n) is 4.93. The average molecular weight is 558 g/mol. The number of hydrogen-bond acceptors (Lipinski definition) is 7. The maximum Gasteiger partial charge on any atom is 0.308 e. The SMILES string of the molecule is O=C(CCN1C(=O)[C@@H]2[C@H]3C[C@@H]([C@H](Br)[C@H]3Br)[C@@H]2C1=O)OCC(=O)c1cccc([N+](=O)[O-])c1. The van der Waals surface area contributed by atoms with Crippen LogP contribution < -0.4 is 0 Å². The highest BCUT2D eigenvalue weighted by atomic mass is 79.9. The van der Waals surface area contributed by atoms with E-state index in [1.165, 1.54) is 18.2 Å². The van der Waals surface area contributed by atoms with E-state index >= 15 is 0 Å². The van der Waals surface area contributed by atoms with Crippen LogP contribution in [-0.2, 0) is 19.1 Å². The summed E-state index contributed by atoms with van der Waals surface area (Å²) in [7, 11) is 0. The highest BCUT2D eigenvalue weighted by Crippen LogP contribution is 2.60. The zero-order chi connectivity index (χ0) is 22.4. The van der Waals surface area contributed by atoms with E-state index < -0.39 is 23.3 Å². The number of likely N-dealkylation sites (tertiary alicyclic amines) is 1. The van der Waals surface area contributed by atoms with Crippen molar-refractivity contribution in [2.45, 2.75) is 22.5 Å². The Morgan fingerprint density at radius 1 is 1.13 bits per heavy atom. The number of esters is 1. The van der Waals surface area contributed by atoms with Crippen molar-refractivity contribution in [2.24, 2.45) is 23.7 Å². The van der Waals surface area contributed by atoms with Crippen molar-refractivity contribution >= 4 is 61.1 Å². The first-order valence-electron chi connectivity index (χ1n) is 9.77. The number of rotatable bonds is 7. The van der Waals surface area contributed by atoms with E-state index in [9.17, 15) is 29.3 Å². The van der Waals surface area contributed by atoms with Crippen LogP contribution in [-0.4, -0.2) is 56.2 Å². The third kappa shape index (κ3) is 3.82. The number of ketones is 1. The number of carbonyl (C=O) groups excluding carboxylic acids is 4. The number of Topliss-reactive ketones (excluding diaryl/α,β-unsaturated/α-hetero) is 1. The van der Waals surface area contributed by atoms with Crippen molar-refractivity contribution in [2.75, 3.05) is 13.2 Å². The Kier molecular flexibility index (Phi) is 5.99. The molecule has 2 saturated carbocycles. The molecule has 1 aromatic carbocycles. The van der Waals surface area contributed by atoms with E-state index in [1.54, 1.807) is 0 Å². The number of nitro benzene ring substituents is 1. The number of nitrogens with zero attached hydrogens (tertiary/aromatic N) is 2. The minimum Gasteiger partial charge on any atom is -0.457 e. The summed E-state index contributed by atoms with van der Waals surface area (Å²) in [5, 5.41) is 10.8. The highest BCUT2D eigenvalue weighted by Gasteiger charge is 2.66. The Balaban J connectivity index is 1.30. The quantitative estimate of drug-likeness (QED) is 0.126. The van der Waals surface area contributed by atoms with Gasteiger partial charge < -0.3 is 4.74 Å². The molecule has 1 saturated heterocycles. The molecule has 2 bridgehead atoms. The van der Waals surface area contributed by atoms with Gasteiger partial charge in [-0.2, -0.15) is 0 Å². The van der Waals surface area contributed by atoms with Crippen molar-refractivity contribution in [3.05, 3.63) is 39.9 Å². The van der Waals surface area contributed by atoms with Crippen LogP contribution in [0.3, 0.4) is 0 Å². The van der Waals surface area contributed by atoms with Crippen molar-refractivity contribution in [3.8, 4) is 0 Å². The summed E-state index contributed by atoms with van der Waals surface area (Å²) in [5.74, 6) is -2.29. The average Bonchev–Trinajstić information content (AvgIpc) is 3.35. The van der Waals surface area contributed by atoms with Crippen LogP contribution in [0.4, 0.5) is 5.69 Å². The maximum atomic E-state index is 12.8. The molecule has 1 aromatic rings. The molecular weight excluding hydrogens is 540 g/mol. The molecule has 6 atom stereocenters. The van der Waals surface area contributed by atoms with Gasteiger partial charge >= 0.3 is 5.97 Å². The standard InChI is InChI=1S/C20H18Br2N2O7/c21-17-11-7-12(18(17)22)16-15(11)19(27)23(20(16)28)5-4-14(26)31-8-13(25)9-2-1-3-10(6-9)24(29)30/h1-3,6,11-12,15-18H,4-5,7-8H2/t11-,12-,15-,16+,17+,18+/m1/s1. The number of nitro groups is 1. The minimum absolute atomic E-state index is 0.0591. The first-order valence-corrected chi connectivity index (χ1v) is 11.6. The molecule has 2 aliphatic carbocycles. The van der Waals surface area contributed by atoms with Crippen LogP contribution in [0.1, 0.15) is 23.2 Å². The van der Waals surface area contributed by atoms with E-state index in [0.29, 0.717) is 0 Å². The summed E-state index contributed by atoms with van der Waals surface area (Å²) in [4.78, 5) is 61.4. The van der Waals surface area contributed by atoms with E-state index in [4.69, 9.17) is 4.74 Å². The molecule has 0 N–H and O–H groups in total. The second kappa shape index (κ2) is 8.42. The van der Waals surface area contributed by atoms with Crippen molar-refractivity contribution in [1.29, 1.82) is 0 Å². The number of non-ortho nitro benzene ring substituents is 1. The first-order chi connectivity index (χ1) is 14.7. The number of halogens is 2. The van der Waals surface area contributed by atoms with Crippen LogP contribution >= 0.6 is 31.9 Å². The molecule has 1 heterocycles. The summed E-state index contributed by atoms with van der Waals surface area (Å²) in [6.45, 7) is -0.665. The summed E-state index contributed by atoms with van der Waals surface area (Å²) in [6, 6.07) is 5.13. The monoisotopic (exact) mass is 556 g/mol. The molecule has 3 fully saturated rings. The zero-order valence-corrected chi connectivity index (χ0v) is 19.3. The van der Waals surface area contributed by atoms with Crippen molar-refractivity contribution < 1.29 is 28.8 Å². The summed E-state index contributed by atoms with van der Waals surface area (Å²) >= 11 is 7.24. The number of benzene rings is 1. The van der Waals surface area contributed by atoms with Crippen LogP contribution in [0.25, 0.3) is 0 Å². The van der Waals surface area contributed by atoms with Gasteiger partial charge in [-0.25, -0.2) is 0 Å². The number of carbonyl (C=O) groups is 4. The summed E-state index contributed by atoms with van der Waals surface area (Å²) < 4.78 is 4.95. The van der Waals surface area contributed by atoms with Crippen molar-refractivity contribution in [3.63, 3.8) is 0 Å². The summed E-state index contributed by atoms with van der Waals surface area (Å²) in [5.41, 5.74) is -0.178. The molecule has 0 spiro atoms. The lowest BCUT2D eigenvalue weighted by atomic mass is 9.81. The number of hydrogen-bond donors (Lipinski definition) is 0. The maximum absolute atomic E-state index is 12.8. The van der Waals surface area contributed by atoms with Gasteiger partial charge in [-0.1, -0.05) is 44.0 Å². The fraction of sp³-hybridized carbons (Fsp3) is 0.500. The third-order valence-electron chi connectivity index (χ3n) is 6.36. The second-order valence-electron chi connectivity index (χ2n) is 7.97. The van der Waals surface area contributed by atoms with E-state index in [2.05, 4.69) is 31.9 Å². The first kappa shape index (κ1) is 22.1. The number of fused-ring (bicyclic) bond motifs is 5. The minimum atomic E-state index is -0.726. The second-order valence-corrected chi connectivity index (χ2v) is 10.1. The Bertz CT molecular complexity index is 952. The lowest BCUT2D eigenvalue weighted by molar-refractivity contribution is -0.384. The van der Waals surface area contributed by atoms with E-state index in [-0.39, 0.29) is 69.4 Å². The number of alkyl halides is 2. The van der Waals surface area contributed by atoms with Gasteiger partial charge in [-0.3, -0.25) is 34.2 Å². The molecule has 0 radical (unpaired) electrons. The Morgan fingerprint density at radius 2 is 1.74 bits per heavy atom. The molecule has 31 heavy (non-hydrogen) atoms. The largest absolute Gasteiger partial charge is 0.457 e. The van der Waals surface area contributed by atoms with Gasteiger partial charge in [0.1, 0.15) is 0 Å². The van der Waals surface area contributed by atoms with Crippen LogP contribution in [0, 0.1) is 33.8 Å². The predicted octanol–water partition coefficient (Wildman–Crippen LogP) is 2.49. The molecule has 0 unspecified atom stereocenters. The molecule has 1 aliphatic heterocycles. The van der Waals surface area contributed by atoms with Gasteiger partial charge in [0.25, 0.3) is 5.69 Å². The van der Waals surface area contributed by atoms with Crippen molar-refractivity contribution in [1.82, 2.24) is 4.90 Å². The zero-order valence-electron chi connectivity index (χ0n) is 16.1. The molecular formula is C20H18Br2N2O7. The lowest BCUT2D eigenvalue weighted by Crippen LogP contribution is -2.37. The predicted molar refractivity (Wildman–Crippen MR) is 114 cm³/mol. The molecule has 164 valence electrons. The smallest absolute Gasteiger partial charge is 0.308 e. The topological polar surface area (TPSA) is 124 Å². The van der Waals surface area contributed by atoms with Gasteiger partial charge in [0.2, 0.25) is 17.6 Å². The molecule has 4 rings (SSSR count). The number of imide groups is 1. The molecule has 2 amide bonds.